The molecule has 0 aliphatic rings. The summed E-state index contributed by atoms with van der Waals surface area (Å²) in [5.41, 5.74) is 1.87. The number of non-ortho nitro benzene ring substituents is 1. The minimum Gasteiger partial charge on any atom is -0.391 e. The van der Waals surface area contributed by atoms with Crippen molar-refractivity contribution >= 4 is 23.2 Å². The summed E-state index contributed by atoms with van der Waals surface area (Å²) in [4.78, 5) is 20.7. The van der Waals surface area contributed by atoms with Crippen LogP contribution in [0.2, 0.25) is 0 Å². The number of hydrogen-bond acceptors (Lipinski definition) is 6. The molecule has 0 aliphatic heterocycles. The molecule has 0 bridgehead atoms. The highest BCUT2D eigenvalue weighted by Gasteiger charge is 2.04. The Morgan fingerprint density at radius 1 is 1.40 bits per heavy atom. The van der Waals surface area contributed by atoms with Crippen LogP contribution in [0.1, 0.15) is 21.1 Å². The smallest absolute Gasteiger partial charge is 0.269 e. The molecule has 2 rings (SSSR count). The quantitative estimate of drug-likeness (QED) is 0.481. The fraction of sp³-hybridized carbons (Fsp3) is 0.231. The van der Waals surface area contributed by atoms with Crippen LogP contribution in [0, 0.1) is 24.0 Å². The van der Waals surface area contributed by atoms with Crippen molar-refractivity contribution in [1.82, 2.24) is 4.98 Å². The van der Waals surface area contributed by atoms with Gasteiger partial charge >= 0.3 is 0 Å². The monoisotopic (exact) mass is 291 g/mol. The Morgan fingerprint density at radius 3 is 2.65 bits per heavy atom. The number of oxime groups is 1. The number of aromatic nitrogens is 1. The van der Waals surface area contributed by atoms with Crippen molar-refractivity contribution in [3.05, 3.63) is 55.5 Å². The van der Waals surface area contributed by atoms with Gasteiger partial charge in [-0.3, -0.25) is 10.1 Å². The number of nitrogens with zero attached hydrogens (tertiary/aromatic N) is 3. The van der Waals surface area contributed by atoms with E-state index in [-0.39, 0.29) is 12.3 Å². The Morgan fingerprint density at radius 2 is 2.10 bits per heavy atom. The second-order valence-corrected chi connectivity index (χ2v) is 5.36. The van der Waals surface area contributed by atoms with Gasteiger partial charge in [0.05, 0.1) is 10.6 Å². The van der Waals surface area contributed by atoms with Crippen LogP contribution in [0.15, 0.2) is 29.4 Å². The molecule has 0 saturated heterocycles. The number of thiazole rings is 1. The molecule has 0 N–H and O–H groups in total. The molecule has 0 aliphatic carbocycles. The molecule has 0 unspecified atom stereocenters. The predicted octanol–water partition coefficient (Wildman–Crippen LogP) is 3.22. The van der Waals surface area contributed by atoms with Crippen molar-refractivity contribution in [3.8, 4) is 0 Å². The highest BCUT2D eigenvalue weighted by molar-refractivity contribution is 7.13. The van der Waals surface area contributed by atoms with E-state index in [0.717, 1.165) is 21.1 Å². The van der Waals surface area contributed by atoms with E-state index in [1.165, 1.54) is 12.1 Å². The van der Waals surface area contributed by atoms with Gasteiger partial charge in [0, 0.05) is 17.0 Å². The minimum atomic E-state index is -0.435. The van der Waals surface area contributed by atoms with Crippen LogP contribution in [0.4, 0.5) is 5.69 Å². The number of aryl methyl sites for hydroxylation is 2. The van der Waals surface area contributed by atoms with Crippen molar-refractivity contribution in [1.29, 1.82) is 0 Å². The van der Waals surface area contributed by atoms with Crippen molar-refractivity contribution in [2.75, 3.05) is 0 Å². The normalized spacial score (nSPS) is 10.9. The summed E-state index contributed by atoms with van der Waals surface area (Å²) in [5.74, 6) is 0. The maximum Gasteiger partial charge on any atom is 0.269 e. The molecule has 1 aromatic heterocycles. The lowest BCUT2D eigenvalue weighted by atomic mass is 10.2. The van der Waals surface area contributed by atoms with E-state index in [2.05, 4.69) is 10.1 Å². The number of hydrogen-bond donors (Lipinski definition) is 0. The average molecular weight is 291 g/mol. The molecular formula is C13H13N3O3S. The van der Waals surface area contributed by atoms with Gasteiger partial charge in [0.15, 0.2) is 0 Å². The number of nitro groups is 1. The summed E-state index contributed by atoms with van der Waals surface area (Å²) < 4.78 is 0. The van der Waals surface area contributed by atoms with E-state index in [1.807, 2.05) is 13.8 Å². The summed E-state index contributed by atoms with van der Waals surface area (Å²) in [5, 5.41) is 15.1. The third kappa shape index (κ3) is 3.61. The van der Waals surface area contributed by atoms with Crippen LogP contribution in [0.25, 0.3) is 0 Å². The molecule has 0 spiro atoms. The Hall–Kier alpha value is -2.28. The first-order chi connectivity index (χ1) is 9.56. The van der Waals surface area contributed by atoms with Gasteiger partial charge in [0.25, 0.3) is 5.69 Å². The summed E-state index contributed by atoms with van der Waals surface area (Å²) >= 11 is 1.55. The first-order valence-electron chi connectivity index (χ1n) is 5.89. The van der Waals surface area contributed by atoms with E-state index >= 15 is 0 Å². The molecule has 0 radical (unpaired) electrons. The Bertz CT molecular complexity index is 615. The molecule has 104 valence electrons. The standard InChI is InChI=1S/C13H13N3O3S/c1-9-10(2)20-13(15-9)7-14-19-8-11-3-5-12(6-4-11)16(17)18/h3-7H,8H2,1-2H3. The molecule has 1 heterocycles. The first kappa shape index (κ1) is 14.1. The lowest BCUT2D eigenvalue weighted by Crippen LogP contribution is -1.91. The van der Waals surface area contributed by atoms with Gasteiger partial charge in [-0.25, -0.2) is 4.98 Å². The van der Waals surface area contributed by atoms with Crippen molar-refractivity contribution in [2.24, 2.45) is 5.16 Å². The van der Waals surface area contributed by atoms with E-state index < -0.39 is 4.92 Å². The number of nitro benzene ring substituents is 1. The van der Waals surface area contributed by atoms with Crippen LogP contribution in [0.5, 0.6) is 0 Å². The van der Waals surface area contributed by atoms with Crippen molar-refractivity contribution in [3.63, 3.8) is 0 Å². The predicted molar refractivity (Wildman–Crippen MR) is 77.1 cm³/mol. The summed E-state index contributed by atoms with van der Waals surface area (Å²) in [6.45, 7) is 4.21. The van der Waals surface area contributed by atoms with Gasteiger partial charge < -0.3 is 4.84 Å². The largest absolute Gasteiger partial charge is 0.391 e. The van der Waals surface area contributed by atoms with Crippen LogP contribution >= 0.6 is 11.3 Å². The zero-order valence-electron chi connectivity index (χ0n) is 11.1. The number of rotatable bonds is 5. The van der Waals surface area contributed by atoms with Gasteiger partial charge in [0.1, 0.15) is 17.8 Å². The van der Waals surface area contributed by atoms with Crippen LogP contribution < -0.4 is 0 Å². The molecule has 1 aromatic carbocycles. The molecule has 20 heavy (non-hydrogen) atoms. The third-order valence-corrected chi connectivity index (χ3v) is 3.67. The Kier molecular flexibility index (Phi) is 4.41. The molecule has 0 atom stereocenters. The van der Waals surface area contributed by atoms with Crippen LogP contribution in [-0.2, 0) is 11.4 Å². The van der Waals surface area contributed by atoms with E-state index in [4.69, 9.17) is 4.84 Å². The topological polar surface area (TPSA) is 77.6 Å². The SMILES string of the molecule is Cc1nc(C=NOCc2ccc([N+](=O)[O-])cc2)sc1C. The average Bonchev–Trinajstić information content (AvgIpc) is 2.74. The molecule has 7 heteroatoms. The van der Waals surface area contributed by atoms with Crippen LogP contribution in [-0.4, -0.2) is 16.1 Å². The summed E-state index contributed by atoms with van der Waals surface area (Å²) in [7, 11) is 0. The maximum absolute atomic E-state index is 10.5. The van der Waals surface area contributed by atoms with Crippen LogP contribution in [0.3, 0.4) is 0 Å². The summed E-state index contributed by atoms with van der Waals surface area (Å²) in [6, 6.07) is 6.17. The first-order valence-corrected chi connectivity index (χ1v) is 6.70. The van der Waals surface area contributed by atoms with E-state index in [9.17, 15) is 10.1 Å². The van der Waals surface area contributed by atoms with Gasteiger partial charge in [-0.05, 0) is 31.5 Å². The second-order valence-electron chi connectivity index (χ2n) is 4.13. The lowest BCUT2D eigenvalue weighted by Gasteiger charge is -1.98. The second kappa shape index (κ2) is 6.25. The highest BCUT2D eigenvalue weighted by atomic mass is 32.1. The third-order valence-electron chi connectivity index (χ3n) is 2.66. The van der Waals surface area contributed by atoms with Gasteiger partial charge in [-0.2, -0.15) is 0 Å². The lowest BCUT2D eigenvalue weighted by molar-refractivity contribution is -0.384. The van der Waals surface area contributed by atoms with Gasteiger partial charge in [0.2, 0.25) is 0 Å². The molecular weight excluding hydrogens is 278 g/mol. The Balaban J connectivity index is 1.87. The Labute approximate surface area is 119 Å². The van der Waals surface area contributed by atoms with Crippen molar-refractivity contribution in [2.45, 2.75) is 20.5 Å². The van der Waals surface area contributed by atoms with Crippen molar-refractivity contribution < 1.29 is 9.76 Å². The molecule has 2 aromatic rings. The zero-order chi connectivity index (χ0) is 14.5. The molecule has 6 nitrogen and oxygen atoms in total. The van der Waals surface area contributed by atoms with E-state index in [1.54, 1.807) is 29.7 Å². The molecule has 0 fully saturated rings. The highest BCUT2D eigenvalue weighted by Crippen LogP contribution is 2.15. The molecule has 0 saturated carbocycles. The van der Waals surface area contributed by atoms with Gasteiger partial charge in [-0.15, -0.1) is 11.3 Å². The summed E-state index contributed by atoms with van der Waals surface area (Å²) in [6.07, 6.45) is 1.57. The fourth-order valence-electron chi connectivity index (χ4n) is 1.46. The zero-order valence-corrected chi connectivity index (χ0v) is 11.9. The molecule has 0 amide bonds. The van der Waals surface area contributed by atoms with E-state index in [0.29, 0.717) is 0 Å². The minimum absolute atomic E-state index is 0.0611. The van der Waals surface area contributed by atoms with Gasteiger partial charge in [-0.1, -0.05) is 5.16 Å². The number of benzene rings is 1. The maximum atomic E-state index is 10.5. The fourth-order valence-corrected chi connectivity index (χ4v) is 2.25.